The van der Waals surface area contributed by atoms with Gasteiger partial charge >= 0.3 is 5.51 Å². The first-order valence-corrected chi connectivity index (χ1v) is 7.97. The summed E-state index contributed by atoms with van der Waals surface area (Å²) in [5, 5.41) is 3.45. The van der Waals surface area contributed by atoms with Crippen molar-refractivity contribution >= 4 is 17.4 Å². The molecule has 0 amide bonds. The Morgan fingerprint density at radius 3 is 2.00 bits per heavy atom. The number of alkyl halides is 3. The van der Waals surface area contributed by atoms with E-state index in [0.29, 0.717) is 6.04 Å². The highest BCUT2D eigenvalue weighted by Gasteiger charge is 2.29. The second-order valence-corrected chi connectivity index (χ2v) is 6.40. The van der Waals surface area contributed by atoms with Crippen LogP contribution in [0.3, 0.4) is 0 Å². The molecule has 0 unspecified atom stereocenters. The van der Waals surface area contributed by atoms with Crippen molar-refractivity contribution in [3.05, 3.63) is 24.3 Å². The number of anilines is 1. The second-order valence-electron chi connectivity index (χ2n) is 5.26. The molecule has 0 saturated heterocycles. The molecular formula is C15H20F3NS. The second kappa shape index (κ2) is 7.25. The summed E-state index contributed by atoms with van der Waals surface area (Å²) in [4.78, 5) is 0.237. The number of nitrogens with one attached hydrogen (secondary N) is 1. The Bertz CT molecular complexity index is 395. The third-order valence-electron chi connectivity index (χ3n) is 3.56. The first-order chi connectivity index (χ1) is 9.53. The van der Waals surface area contributed by atoms with Crippen LogP contribution in [0.5, 0.6) is 0 Å². The van der Waals surface area contributed by atoms with Crippen LogP contribution in [0, 0.1) is 0 Å². The minimum atomic E-state index is -4.21. The van der Waals surface area contributed by atoms with Crippen LogP contribution in [-0.4, -0.2) is 11.6 Å². The van der Waals surface area contributed by atoms with Crippen molar-refractivity contribution in [2.75, 3.05) is 5.32 Å². The molecule has 0 aromatic heterocycles. The Kier molecular flexibility index (Phi) is 5.64. The zero-order chi connectivity index (χ0) is 14.4. The largest absolute Gasteiger partial charge is 0.446 e. The van der Waals surface area contributed by atoms with Gasteiger partial charge in [0, 0.05) is 16.6 Å². The minimum Gasteiger partial charge on any atom is -0.382 e. The molecule has 2 rings (SSSR count). The van der Waals surface area contributed by atoms with Gasteiger partial charge < -0.3 is 5.32 Å². The van der Waals surface area contributed by atoms with Crippen molar-refractivity contribution in [1.82, 2.24) is 0 Å². The van der Waals surface area contributed by atoms with E-state index >= 15 is 0 Å². The van der Waals surface area contributed by atoms with Gasteiger partial charge in [-0.1, -0.05) is 32.1 Å². The molecule has 1 aliphatic carbocycles. The van der Waals surface area contributed by atoms with Gasteiger partial charge in [0.1, 0.15) is 0 Å². The average molecular weight is 303 g/mol. The number of hydrogen-bond donors (Lipinski definition) is 1. The predicted octanol–water partition coefficient (Wildman–Crippen LogP) is 5.82. The van der Waals surface area contributed by atoms with Gasteiger partial charge in [0.15, 0.2) is 0 Å². The summed E-state index contributed by atoms with van der Waals surface area (Å²) in [6, 6.07) is 7.00. The van der Waals surface area contributed by atoms with E-state index in [4.69, 9.17) is 0 Å². The monoisotopic (exact) mass is 303 g/mol. The standard InChI is InChI=1S/C15H20F3NS/c16-15(17,18)20-14-10-8-13(9-11-14)19-12-6-4-2-1-3-5-7-12/h8-12,19H,1-7H2. The van der Waals surface area contributed by atoms with Crippen molar-refractivity contribution in [2.45, 2.75) is 61.4 Å². The lowest BCUT2D eigenvalue weighted by molar-refractivity contribution is -0.0328. The van der Waals surface area contributed by atoms with Crippen LogP contribution in [-0.2, 0) is 0 Å². The third-order valence-corrected chi connectivity index (χ3v) is 4.30. The number of rotatable bonds is 3. The first-order valence-electron chi connectivity index (χ1n) is 7.15. The summed E-state index contributed by atoms with van der Waals surface area (Å²) in [6.07, 6.45) is 8.69. The molecule has 0 radical (unpaired) electrons. The fourth-order valence-electron chi connectivity index (χ4n) is 2.59. The van der Waals surface area contributed by atoms with Crippen molar-refractivity contribution in [3.8, 4) is 0 Å². The van der Waals surface area contributed by atoms with Crippen LogP contribution >= 0.6 is 11.8 Å². The number of benzene rings is 1. The maximum Gasteiger partial charge on any atom is 0.446 e. The normalized spacial score (nSPS) is 18.4. The van der Waals surface area contributed by atoms with E-state index in [9.17, 15) is 13.2 Å². The third kappa shape index (κ3) is 5.65. The Morgan fingerprint density at radius 2 is 1.45 bits per heavy atom. The number of halogens is 3. The molecule has 1 aliphatic rings. The molecule has 0 bridgehead atoms. The topological polar surface area (TPSA) is 12.0 Å². The molecule has 1 nitrogen and oxygen atoms in total. The van der Waals surface area contributed by atoms with Gasteiger partial charge in [-0.3, -0.25) is 0 Å². The van der Waals surface area contributed by atoms with Crippen molar-refractivity contribution < 1.29 is 13.2 Å². The van der Waals surface area contributed by atoms with E-state index in [0.717, 1.165) is 18.5 Å². The smallest absolute Gasteiger partial charge is 0.382 e. The van der Waals surface area contributed by atoms with E-state index in [-0.39, 0.29) is 16.7 Å². The van der Waals surface area contributed by atoms with Gasteiger partial charge in [-0.15, -0.1) is 0 Å². The van der Waals surface area contributed by atoms with Gasteiger partial charge in [0.2, 0.25) is 0 Å². The lowest BCUT2D eigenvalue weighted by Crippen LogP contribution is -2.20. The number of thioether (sulfide) groups is 1. The quantitative estimate of drug-likeness (QED) is 0.706. The van der Waals surface area contributed by atoms with Crippen molar-refractivity contribution in [3.63, 3.8) is 0 Å². The fraction of sp³-hybridized carbons (Fsp3) is 0.600. The lowest BCUT2D eigenvalue weighted by Gasteiger charge is -2.22. The van der Waals surface area contributed by atoms with Crippen LogP contribution < -0.4 is 5.32 Å². The van der Waals surface area contributed by atoms with E-state index in [1.54, 1.807) is 12.1 Å². The maximum atomic E-state index is 12.2. The molecule has 5 heteroatoms. The van der Waals surface area contributed by atoms with Gasteiger partial charge in [0.05, 0.1) is 0 Å². The Morgan fingerprint density at radius 1 is 0.900 bits per heavy atom. The Hall–Kier alpha value is -0.840. The minimum absolute atomic E-state index is 0.0662. The highest BCUT2D eigenvalue weighted by Crippen LogP contribution is 2.37. The Balaban J connectivity index is 1.89. The Labute approximate surface area is 122 Å². The molecule has 20 heavy (non-hydrogen) atoms. The summed E-state index contributed by atoms with van der Waals surface area (Å²) < 4.78 is 36.7. The van der Waals surface area contributed by atoms with Crippen molar-refractivity contribution in [1.29, 1.82) is 0 Å². The SMILES string of the molecule is FC(F)(F)Sc1ccc(NC2CCCCCCC2)cc1. The summed E-state index contributed by atoms with van der Waals surface area (Å²) in [7, 11) is 0. The van der Waals surface area contributed by atoms with E-state index in [1.165, 1.54) is 44.2 Å². The van der Waals surface area contributed by atoms with E-state index < -0.39 is 5.51 Å². The van der Waals surface area contributed by atoms with Gasteiger partial charge in [-0.25, -0.2) is 0 Å². The molecule has 1 saturated carbocycles. The summed E-state index contributed by atoms with van der Waals surface area (Å²) >= 11 is -0.0662. The summed E-state index contributed by atoms with van der Waals surface area (Å²) in [5.74, 6) is 0. The van der Waals surface area contributed by atoms with Gasteiger partial charge in [-0.2, -0.15) is 13.2 Å². The predicted molar refractivity (Wildman–Crippen MR) is 78.1 cm³/mol. The molecule has 112 valence electrons. The average Bonchev–Trinajstić information content (AvgIpc) is 2.33. The molecule has 1 aromatic rings. The zero-order valence-corrected chi connectivity index (χ0v) is 12.2. The molecule has 1 aromatic carbocycles. The first kappa shape index (κ1) is 15.5. The van der Waals surface area contributed by atoms with Crippen LogP contribution in [0.15, 0.2) is 29.2 Å². The molecule has 0 aliphatic heterocycles. The molecule has 1 N–H and O–H groups in total. The van der Waals surface area contributed by atoms with Gasteiger partial charge in [-0.05, 0) is 48.9 Å². The highest BCUT2D eigenvalue weighted by atomic mass is 32.2. The van der Waals surface area contributed by atoms with E-state index in [1.807, 2.05) is 0 Å². The fourth-order valence-corrected chi connectivity index (χ4v) is 3.13. The molecule has 1 fully saturated rings. The zero-order valence-electron chi connectivity index (χ0n) is 11.4. The molecule has 0 heterocycles. The van der Waals surface area contributed by atoms with Crippen LogP contribution in [0.25, 0.3) is 0 Å². The summed E-state index contributed by atoms with van der Waals surface area (Å²) in [5.41, 5.74) is -3.30. The molecule has 0 atom stereocenters. The molecule has 0 spiro atoms. The van der Waals surface area contributed by atoms with Crippen LogP contribution in [0.2, 0.25) is 0 Å². The van der Waals surface area contributed by atoms with Crippen molar-refractivity contribution in [2.24, 2.45) is 0 Å². The lowest BCUT2D eigenvalue weighted by atomic mass is 9.96. The number of hydrogen-bond acceptors (Lipinski definition) is 2. The van der Waals surface area contributed by atoms with Gasteiger partial charge in [0.25, 0.3) is 0 Å². The highest BCUT2D eigenvalue weighted by molar-refractivity contribution is 8.00. The van der Waals surface area contributed by atoms with Crippen LogP contribution in [0.1, 0.15) is 44.9 Å². The molecular weight excluding hydrogens is 283 g/mol. The summed E-state index contributed by atoms with van der Waals surface area (Å²) in [6.45, 7) is 0. The maximum absolute atomic E-state index is 12.2. The van der Waals surface area contributed by atoms with E-state index in [2.05, 4.69) is 5.32 Å². The van der Waals surface area contributed by atoms with Crippen LogP contribution in [0.4, 0.5) is 18.9 Å².